The highest BCUT2D eigenvalue weighted by atomic mass is 35.5. The van der Waals surface area contributed by atoms with Crippen molar-refractivity contribution in [2.75, 3.05) is 11.9 Å². The molecule has 0 aliphatic carbocycles. The maximum atomic E-state index is 5.83. The molecular formula is C10H10ClN7. The quantitative estimate of drug-likeness (QED) is 0.618. The van der Waals surface area contributed by atoms with Crippen LogP contribution in [0.1, 0.15) is 5.82 Å². The van der Waals surface area contributed by atoms with Crippen molar-refractivity contribution in [2.24, 2.45) is 0 Å². The van der Waals surface area contributed by atoms with Gasteiger partial charge in [0.15, 0.2) is 5.65 Å². The lowest BCUT2D eigenvalue weighted by Crippen LogP contribution is -2.08. The molecule has 18 heavy (non-hydrogen) atoms. The van der Waals surface area contributed by atoms with Crippen molar-refractivity contribution in [1.82, 2.24) is 30.1 Å². The fraction of sp³-hybridized carbons (Fsp3) is 0.200. The van der Waals surface area contributed by atoms with E-state index in [9.17, 15) is 0 Å². The predicted molar refractivity (Wildman–Crippen MR) is 67.5 cm³/mol. The molecule has 3 N–H and O–H groups in total. The zero-order valence-electron chi connectivity index (χ0n) is 9.31. The molecule has 7 nitrogen and oxygen atoms in total. The molecule has 8 heteroatoms. The maximum absolute atomic E-state index is 5.83. The van der Waals surface area contributed by atoms with Gasteiger partial charge >= 0.3 is 0 Å². The van der Waals surface area contributed by atoms with Gasteiger partial charge in [-0.1, -0.05) is 0 Å². The summed E-state index contributed by atoms with van der Waals surface area (Å²) in [5.74, 6) is 1.59. The molecule has 92 valence electrons. The first-order valence-corrected chi connectivity index (χ1v) is 5.79. The minimum atomic E-state index is 0.187. The third-order valence-corrected chi connectivity index (χ3v) is 2.66. The van der Waals surface area contributed by atoms with Crippen LogP contribution in [0.2, 0.25) is 5.28 Å². The van der Waals surface area contributed by atoms with Crippen LogP contribution in [0.4, 0.5) is 5.82 Å². The Labute approximate surface area is 107 Å². The summed E-state index contributed by atoms with van der Waals surface area (Å²) < 4.78 is 0. The molecule has 0 aliphatic heterocycles. The van der Waals surface area contributed by atoms with Gasteiger partial charge in [-0.3, -0.25) is 5.10 Å². The number of aromatic amines is 2. The lowest BCUT2D eigenvalue weighted by atomic mass is 10.3. The van der Waals surface area contributed by atoms with Gasteiger partial charge in [-0.15, -0.1) is 0 Å². The Kier molecular flexibility index (Phi) is 2.81. The molecule has 0 aliphatic rings. The minimum Gasteiger partial charge on any atom is -0.369 e. The number of fused-ring (bicyclic) bond motifs is 1. The number of aromatic nitrogens is 6. The van der Waals surface area contributed by atoms with Crippen LogP contribution in [0.3, 0.4) is 0 Å². The summed E-state index contributed by atoms with van der Waals surface area (Å²) in [6.07, 6.45) is 5.96. The molecule has 0 fully saturated rings. The zero-order chi connectivity index (χ0) is 12.4. The highest BCUT2D eigenvalue weighted by Gasteiger charge is 2.07. The van der Waals surface area contributed by atoms with Gasteiger partial charge in [0.25, 0.3) is 0 Å². The molecule has 0 bridgehead atoms. The molecule has 3 aromatic rings. The van der Waals surface area contributed by atoms with E-state index in [1.165, 1.54) is 0 Å². The summed E-state index contributed by atoms with van der Waals surface area (Å²) in [7, 11) is 0. The van der Waals surface area contributed by atoms with Gasteiger partial charge in [-0.2, -0.15) is 15.1 Å². The Hall–Kier alpha value is -2.15. The van der Waals surface area contributed by atoms with Gasteiger partial charge in [0.05, 0.1) is 11.6 Å². The topological polar surface area (TPSA) is 95.2 Å². The van der Waals surface area contributed by atoms with E-state index in [4.69, 9.17) is 11.6 Å². The van der Waals surface area contributed by atoms with Crippen LogP contribution in [0.5, 0.6) is 0 Å². The second-order valence-corrected chi connectivity index (χ2v) is 4.02. The Bertz CT molecular complexity index is 645. The Balaban J connectivity index is 1.75. The zero-order valence-corrected chi connectivity index (χ0v) is 10.1. The fourth-order valence-electron chi connectivity index (χ4n) is 1.68. The number of nitrogens with one attached hydrogen (secondary N) is 3. The van der Waals surface area contributed by atoms with Crippen molar-refractivity contribution in [3.8, 4) is 0 Å². The summed E-state index contributed by atoms with van der Waals surface area (Å²) in [4.78, 5) is 15.4. The van der Waals surface area contributed by atoms with Crippen LogP contribution >= 0.6 is 11.6 Å². The number of hydrogen-bond donors (Lipinski definition) is 3. The first-order valence-electron chi connectivity index (χ1n) is 5.41. The SMILES string of the molecule is Clc1nc(NCCc2ncc[nH]2)c2cn[nH]c2n1. The first-order chi connectivity index (χ1) is 8.83. The number of nitrogens with zero attached hydrogens (tertiary/aromatic N) is 4. The summed E-state index contributed by atoms with van der Waals surface area (Å²) in [5, 5.41) is 10.9. The monoisotopic (exact) mass is 263 g/mol. The molecule has 0 amide bonds. The summed E-state index contributed by atoms with van der Waals surface area (Å²) in [6, 6.07) is 0. The van der Waals surface area contributed by atoms with Gasteiger partial charge in [-0.25, -0.2) is 4.98 Å². The van der Waals surface area contributed by atoms with Crippen LogP contribution in [0.25, 0.3) is 11.0 Å². The van der Waals surface area contributed by atoms with Crippen molar-refractivity contribution in [2.45, 2.75) is 6.42 Å². The highest BCUT2D eigenvalue weighted by Crippen LogP contribution is 2.19. The molecule has 3 heterocycles. The molecule has 0 atom stereocenters. The molecule has 0 radical (unpaired) electrons. The average Bonchev–Trinajstić information content (AvgIpc) is 2.98. The molecule has 3 rings (SSSR count). The number of hydrogen-bond acceptors (Lipinski definition) is 5. The fourth-order valence-corrected chi connectivity index (χ4v) is 1.85. The second kappa shape index (κ2) is 4.61. The van der Waals surface area contributed by atoms with Gasteiger partial charge in [0.1, 0.15) is 11.6 Å². The van der Waals surface area contributed by atoms with Crippen LogP contribution < -0.4 is 5.32 Å². The molecule has 0 saturated carbocycles. The van der Waals surface area contributed by atoms with E-state index in [0.29, 0.717) is 18.0 Å². The van der Waals surface area contributed by atoms with E-state index >= 15 is 0 Å². The van der Waals surface area contributed by atoms with Gasteiger partial charge < -0.3 is 10.3 Å². The predicted octanol–water partition coefficient (Wildman–Crippen LogP) is 1.38. The molecule has 0 aromatic carbocycles. The van der Waals surface area contributed by atoms with E-state index in [1.807, 2.05) is 0 Å². The lowest BCUT2D eigenvalue weighted by molar-refractivity contribution is 0.922. The number of anilines is 1. The van der Waals surface area contributed by atoms with Crippen LogP contribution in [0.15, 0.2) is 18.6 Å². The normalized spacial score (nSPS) is 10.9. The van der Waals surface area contributed by atoms with Gasteiger partial charge in [0, 0.05) is 25.4 Å². The van der Waals surface area contributed by atoms with Crippen LogP contribution in [0, 0.1) is 0 Å². The van der Waals surface area contributed by atoms with Crippen molar-refractivity contribution in [3.05, 3.63) is 29.7 Å². The smallest absolute Gasteiger partial charge is 0.226 e. The van der Waals surface area contributed by atoms with E-state index in [0.717, 1.165) is 17.6 Å². The third-order valence-electron chi connectivity index (χ3n) is 2.49. The van der Waals surface area contributed by atoms with Crippen molar-refractivity contribution in [1.29, 1.82) is 0 Å². The average molecular weight is 264 g/mol. The number of halogens is 1. The van der Waals surface area contributed by atoms with Crippen molar-refractivity contribution >= 4 is 28.5 Å². The maximum Gasteiger partial charge on any atom is 0.226 e. The Morgan fingerprint density at radius 2 is 2.28 bits per heavy atom. The standard InChI is InChI=1S/C10H10ClN7/c11-10-16-8(6-5-15-18-9(6)17-10)14-2-1-7-12-3-4-13-7/h3-5H,1-2H2,(H,12,13)(H2,14,15,16,17,18). The first kappa shape index (κ1) is 11.0. The number of imidazole rings is 1. The molecule has 3 aromatic heterocycles. The van der Waals surface area contributed by atoms with Crippen LogP contribution in [-0.2, 0) is 6.42 Å². The lowest BCUT2D eigenvalue weighted by Gasteiger charge is -2.05. The minimum absolute atomic E-state index is 0.187. The van der Waals surface area contributed by atoms with Crippen LogP contribution in [-0.4, -0.2) is 36.7 Å². The van der Waals surface area contributed by atoms with E-state index in [-0.39, 0.29) is 5.28 Å². The van der Waals surface area contributed by atoms with Gasteiger partial charge in [-0.05, 0) is 11.6 Å². The summed E-state index contributed by atoms with van der Waals surface area (Å²) in [5.41, 5.74) is 0.621. The van der Waals surface area contributed by atoms with Crippen molar-refractivity contribution < 1.29 is 0 Å². The Morgan fingerprint density at radius 3 is 3.11 bits per heavy atom. The summed E-state index contributed by atoms with van der Waals surface area (Å²) >= 11 is 5.83. The van der Waals surface area contributed by atoms with Crippen molar-refractivity contribution in [3.63, 3.8) is 0 Å². The molecule has 0 saturated heterocycles. The second-order valence-electron chi connectivity index (χ2n) is 3.69. The molecular weight excluding hydrogens is 254 g/mol. The molecule has 0 unspecified atom stereocenters. The molecule has 0 spiro atoms. The highest BCUT2D eigenvalue weighted by molar-refractivity contribution is 6.28. The third kappa shape index (κ3) is 2.12. The Morgan fingerprint density at radius 1 is 1.33 bits per heavy atom. The largest absolute Gasteiger partial charge is 0.369 e. The number of rotatable bonds is 4. The van der Waals surface area contributed by atoms with Gasteiger partial charge in [0.2, 0.25) is 5.28 Å². The number of H-pyrrole nitrogens is 2. The summed E-state index contributed by atoms with van der Waals surface area (Å²) in [6.45, 7) is 0.696. The van der Waals surface area contributed by atoms with E-state index < -0.39 is 0 Å². The van der Waals surface area contributed by atoms with E-state index in [1.54, 1.807) is 18.6 Å². The van der Waals surface area contributed by atoms with E-state index in [2.05, 4.69) is 35.5 Å².